The van der Waals surface area contributed by atoms with Crippen LogP contribution < -0.4 is 0 Å². The van der Waals surface area contributed by atoms with E-state index < -0.39 is 0 Å². The zero-order valence-corrected chi connectivity index (χ0v) is 8.67. The fourth-order valence-corrected chi connectivity index (χ4v) is 1.47. The van der Waals surface area contributed by atoms with Crippen molar-refractivity contribution in [1.29, 1.82) is 0 Å². The smallest absolute Gasteiger partial charge is 0.320 e. The summed E-state index contributed by atoms with van der Waals surface area (Å²) in [5.74, 6) is -0.196. The first kappa shape index (κ1) is 11.4. The predicted molar refractivity (Wildman–Crippen MR) is 51.8 cm³/mol. The molecule has 0 spiro atoms. The molecule has 1 fully saturated rings. The van der Waals surface area contributed by atoms with Crippen LogP contribution in [0, 0.1) is 0 Å². The first-order chi connectivity index (χ1) is 6.77. The lowest BCUT2D eigenvalue weighted by Crippen LogP contribution is -2.34. The van der Waals surface area contributed by atoms with Crippen molar-refractivity contribution in [3.05, 3.63) is 0 Å². The van der Waals surface area contributed by atoms with Gasteiger partial charge >= 0.3 is 5.97 Å². The average Bonchev–Trinajstić information content (AvgIpc) is 2.95. The Morgan fingerprint density at radius 3 is 2.79 bits per heavy atom. The second-order valence-electron chi connectivity index (χ2n) is 3.55. The molecule has 3 nitrogen and oxygen atoms in total. The molecule has 0 saturated heterocycles. The third kappa shape index (κ3) is 4.05. The minimum atomic E-state index is -0.313. The third-order valence-electron chi connectivity index (χ3n) is 2.28. The van der Waals surface area contributed by atoms with Crippen LogP contribution in [0.3, 0.4) is 0 Å². The molecular formula is C10H18FNO2. The summed E-state index contributed by atoms with van der Waals surface area (Å²) in [5.41, 5.74) is 0. The maximum Gasteiger partial charge on any atom is 0.320 e. The van der Waals surface area contributed by atoms with Crippen LogP contribution in [0.1, 0.15) is 26.2 Å². The molecule has 0 aliphatic heterocycles. The number of carbonyl (C=O) groups excluding carboxylic acids is 1. The Morgan fingerprint density at radius 2 is 2.29 bits per heavy atom. The van der Waals surface area contributed by atoms with Gasteiger partial charge in [0.25, 0.3) is 0 Å². The van der Waals surface area contributed by atoms with Crippen molar-refractivity contribution in [1.82, 2.24) is 4.90 Å². The van der Waals surface area contributed by atoms with Gasteiger partial charge in [0.1, 0.15) is 0 Å². The van der Waals surface area contributed by atoms with Gasteiger partial charge in [-0.2, -0.15) is 0 Å². The molecule has 4 heteroatoms. The zero-order chi connectivity index (χ0) is 10.4. The summed E-state index contributed by atoms with van der Waals surface area (Å²) >= 11 is 0. The number of carbonyl (C=O) groups is 1. The summed E-state index contributed by atoms with van der Waals surface area (Å²) in [4.78, 5) is 13.2. The normalized spacial score (nSPS) is 15.9. The molecule has 0 amide bonds. The van der Waals surface area contributed by atoms with Gasteiger partial charge in [-0.15, -0.1) is 0 Å². The Balaban J connectivity index is 2.23. The first-order valence-corrected chi connectivity index (χ1v) is 5.23. The Hall–Kier alpha value is -0.640. The highest BCUT2D eigenvalue weighted by atomic mass is 19.1. The molecule has 1 saturated carbocycles. The second kappa shape index (κ2) is 5.96. The van der Waals surface area contributed by atoms with Gasteiger partial charge in [0.05, 0.1) is 19.8 Å². The molecule has 0 unspecified atom stereocenters. The van der Waals surface area contributed by atoms with Crippen LogP contribution in [0.5, 0.6) is 0 Å². The highest BCUT2D eigenvalue weighted by Crippen LogP contribution is 2.26. The SMILES string of the molecule is CCOC(=O)CN(CCCF)C1CC1. The fourth-order valence-electron chi connectivity index (χ4n) is 1.47. The summed E-state index contributed by atoms with van der Waals surface area (Å²) in [6.45, 7) is 2.88. The van der Waals surface area contributed by atoms with Crippen molar-refractivity contribution < 1.29 is 13.9 Å². The standard InChI is InChI=1S/C10H18FNO2/c1-2-14-10(13)8-12(7-3-6-11)9-4-5-9/h9H,2-8H2,1H3. The summed E-state index contributed by atoms with van der Waals surface area (Å²) in [6.07, 6.45) is 2.77. The Morgan fingerprint density at radius 1 is 1.57 bits per heavy atom. The van der Waals surface area contributed by atoms with Gasteiger partial charge in [0, 0.05) is 12.6 Å². The average molecular weight is 203 g/mol. The number of rotatable bonds is 7. The Bertz CT molecular complexity index is 183. The van der Waals surface area contributed by atoms with E-state index in [0.717, 1.165) is 12.8 Å². The lowest BCUT2D eigenvalue weighted by atomic mass is 10.4. The van der Waals surface area contributed by atoms with E-state index in [1.807, 2.05) is 4.90 Å². The van der Waals surface area contributed by atoms with E-state index in [4.69, 9.17) is 4.74 Å². The lowest BCUT2D eigenvalue weighted by molar-refractivity contribution is -0.144. The molecule has 0 aromatic carbocycles. The summed E-state index contributed by atoms with van der Waals surface area (Å²) in [7, 11) is 0. The van der Waals surface area contributed by atoms with E-state index >= 15 is 0 Å². The van der Waals surface area contributed by atoms with Crippen LogP contribution in [0.4, 0.5) is 4.39 Å². The number of halogens is 1. The molecule has 1 aliphatic rings. The van der Waals surface area contributed by atoms with Gasteiger partial charge in [0.2, 0.25) is 0 Å². The molecule has 0 atom stereocenters. The van der Waals surface area contributed by atoms with Gasteiger partial charge in [-0.25, -0.2) is 0 Å². The van der Waals surface area contributed by atoms with Crippen LogP contribution in [-0.2, 0) is 9.53 Å². The zero-order valence-electron chi connectivity index (χ0n) is 8.67. The Labute approximate surface area is 84.2 Å². The van der Waals surface area contributed by atoms with Crippen molar-refractivity contribution in [2.75, 3.05) is 26.4 Å². The molecule has 82 valence electrons. The van der Waals surface area contributed by atoms with E-state index in [9.17, 15) is 9.18 Å². The number of hydrogen-bond donors (Lipinski definition) is 0. The molecule has 0 aromatic rings. The van der Waals surface area contributed by atoms with Crippen LogP contribution >= 0.6 is 0 Å². The van der Waals surface area contributed by atoms with Crippen LogP contribution in [0.2, 0.25) is 0 Å². The summed E-state index contributed by atoms with van der Waals surface area (Å²) in [6, 6.07) is 0.492. The highest BCUT2D eigenvalue weighted by Gasteiger charge is 2.29. The van der Waals surface area contributed by atoms with Crippen molar-refractivity contribution in [2.45, 2.75) is 32.2 Å². The lowest BCUT2D eigenvalue weighted by Gasteiger charge is -2.19. The summed E-state index contributed by atoms with van der Waals surface area (Å²) < 4.78 is 16.8. The molecule has 0 radical (unpaired) electrons. The maximum atomic E-state index is 12.0. The Kier molecular flexibility index (Phi) is 4.87. The fraction of sp³-hybridized carbons (Fsp3) is 0.900. The van der Waals surface area contributed by atoms with E-state index in [2.05, 4.69) is 0 Å². The number of esters is 1. The monoisotopic (exact) mass is 203 g/mol. The quantitative estimate of drug-likeness (QED) is 0.585. The van der Waals surface area contributed by atoms with Gasteiger partial charge in [0.15, 0.2) is 0 Å². The molecule has 0 bridgehead atoms. The number of ether oxygens (including phenoxy) is 1. The van der Waals surface area contributed by atoms with Crippen LogP contribution in [0.25, 0.3) is 0 Å². The third-order valence-corrected chi connectivity index (χ3v) is 2.28. The molecule has 0 heterocycles. The maximum absolute atomic E-state index is 12.0. The van der Waals surface area contributed by atoms with E-state index in [1.54, 1.807) is 6.92 Å². The van der Waals surface area contributed by atoms with Gasteiger partial charge in [-0.1, -0.05) is 0 Å². The van der Waals surface area contributed by atoms with Gasteiger partial charge in [-0.05, 0) is 26.2 Å². The predicted octanol–water partition coefficient (Wildman–Crippen LogP) is 1.37. The minimum absolute atomic E-state index is 0.196. The van der Waals surface area contributed by atoms with Gasteiger partial charge < -0.3 is 4.74 Å². The first-order valence-electron chi connectivity index (χ1n) is 5.23. The molecule has 1 aliphatic carbocycles. The molecule has 0 aromatic heterocycles. The van der Waals surface area contributed by atoms with Crippen LogP contribution in [-0.4, -0.2) is 43.3 Å². The molecule has 1 rings (SSSR count). The topological polar surface area (TPSA) is 29.5 Å². The van der Waals surface area contributed by atoms with Crippen molar-refractivity contribution in [2.24, 2.45) is 0 Å². The van der Waals surface area contributed by atoms with Crippen molar-refractivity contribution >= 4 is 5.97 Å². The summed E-state index contributed by atoms with van der Waals surface area (Å²) in [5, 5.41) is 0. The van der Waals surface area contributed by atoms with Gasteiger partial charge in [-0.3, -0.25) is 14.1 Å². The second-order valence-corrected chi connectivity index (χ2v) is 3.55. The number of nitrogens with zero attached hydrogens (tertiary/aromatic N) is 1. The van der Waals surface area contributed by atoms with E-state index in [1.165, 1.54) is 0 Å². The molecular weight excluding hydrogens is 185 g/mol. The van der Waals surface area contributed by atoms with Crippen LogP contribution in [0.15, 0.2) is 0 Å². The largest absolute Gasteiger partial charge is 0.465 e. The highest BCUT2D eigenvalue weighted by molar-refractivity contribution is 5.71. The molecule has 14 heavy (non-hydrogen) atoms. The minimum Gasteiger partial charge on any atom is -0.465 e. The van der Waals surface area contributed by atoms with E-state index in [0.29, 0.717) is 32.2 Å². The van der Waals surface area contributed by atoms with E-state index in [-0.39, 0.29) is 12.6 Å². The molecule has 0 N–H and O–H groups in total. The van der Waals surface area contributed by atoms with Crippen molar-refractivity contribution in [3.63, 3.8) is 0 Å². The number of hydrogen-bond acceptors (Lipinski definition) is 3. The number of alkyl halides is 1. The van der Waals surface area contributed by atoms with Crippen molar-refractivity contribution in [3.8, 4) is 0 Å².